The van der Waals surface area contributed by atoms with Gasteiger partial charge in [0.15, 0.2) is 0 Å². The van der Waals surface area contributed by atoms with E-state index in [9.17, 15) is 0 Å². The average Bonchev–Trinajstić information content (AvgIpc) is 2.19. The van der Waals surface area contributed by atoms with E-state index in [-0.39, 0.29) is 0 Å². The van der Waals surface area contributed by atoms with E-state index in [0.717, 1.165) is 23.5 Å². The van der Waals surface area contributed by atoms with E-state index in [1.54, 1.807) is 0 Å². The lowest BCUT2D eigenvalue weighted by atomic mass is 10.1. The van der Waals surface area contributed by atoms with Gasteiger partial charge in [0, 0.05) is 24.0 Å². The molecule has 1 unspecified atom stereocenters. The van der Waals surface area contributed by atoms with Gasteiger partial charge in [-0.15, -0.1) is 0 Å². The summed E-state index contributed by atoms with van der Waals surface area (Å²) >= 11 is 0. The van der Waals surface area contributed by atoms with Crippen molar-refractivity contribution in [3.05, 3.63) is 23.8 Å². The van der Waals surface area contributed by atoms with Crippen LogP contribution in [0.5, 0.6) is 0 Å². The maximum atomic E-state index is 5.84. The number of likely N-dealkylation sites (N-methyl/N-ethyl adjacent to an activating group) is 1. The van der Waals surface area contributed by atoms with Crippen LogP contribution in [0.4, 0.5) is 11.4 Å². The Labute approximate surface area is 92.3 Å². The molecule has 0 aliphatic rings. The van der Waals surface area contributed by atoms with Gasteiger partial charge in [0.05, 0.1) is 0 Å². The van der Waals surface area contributed by atoms with Crippen molar-refractivity contribution < 1.29 is 0 Å². The Kier molecular flexibility index (Phi) is 3.97. The normalized spacial score (nSPS) is 12.9. The van der Waals surface area contributed by atoms with Gasteiger partial charge < -0.3 is 16.0 Å². The second-order valence-electron chi connectivity index (χ2n) is 4.21. The minimum Gasteiger partial charge on any atom is -0.398 e. The van der Waals surface area contributed by atoms with E-state index in [1.807, 2.05) is 19.1 Å². The van der Waals surface area contributed by atoms with E-state index in [1.165, 1.54) is 0 Å². The van der Waals surface area contributed by atoms with Crippen molar-refractivity contribution in [3.8, 4) is 0 Å². The van der Waals surface area contributed by atoms with Crippen molar-refractivity contribution in [2.45, 2.75) is 19.9 Å². The topological polar surface area (TPSA) is 41.3 Å². The summed E-state index contributed by atoms with van der Waals surface area (Å²) in [5, 5.41) is 3.41. The predicted molar refractivity (Wildman–Crippen MR) is 67.2 cm³/mol. The molecule has 0 aliphatic carbocycles. The molecule has 1 atom stereocenters. The monoisotopic (exact) mass is 207 g/mol. The number of anilines is 2. The molecule has 0 amide bonds. The first-order valence-corrected chi connectivity index (χ1v) is 5.27. The molecule has 0 radical (unpaired) electrons. The van der Waals surface area contributed by atoms with Gasteiger partial charge in [-0.2, -0.15) is 0 Å². The maximum absolute atomic E-state index is 5.84. The third-order valence-electron chi connectivity index (χ3n) is 2.85. The first kappa shape index (κ1) is 11.9. The average molecular weight is 207 g/mol. The van der Waals surface area contributed by atoms with Crippen molar-refractivity contribution in [3.63, 3.8) is 0 Å². The zero-order valence-electron chi connectivity index (χ0n) is 10.0. The molecule has 0 heterocycles. The van der Waals surface area contributed by atoms with Crippen LogP contribution in [0.25, 0.3) is 0 Å². The number of hydrogen-bond donors (Lipinski definition) is 2. The summed E-state index contributed by atoms with van der Waals surface area (Å²) in [6.07, 6.45) is 0. The van der Waals surface area contributed by atoms with E-state index in [0.29, 0.717) is 6.04 Å². The lowest BCUT2D eigenvalue weighted by molar-refractivity contribution is 0.326. The first-order chi connectivity index (χ1) is 7.02. The summed E-state index contributed by atoms with van der Waals surface area (Å²) in [4.78, 5) is 2.19. The molecule has 0 saturated heterocycles. The summed E-state index contributed by atoms with van der Waals surface area (Å²) in [7, 11) is 4.16. The van der Waals surface area contributed by atoms with E-state index in [2.05, 4.69) is 37.3 Å². The third-order valence-corrected chi connectivity index (χ3v) is 2.85. The molecule has 3 N–H and O–H groups in total. The molecule has 0 aromatic heterocycles. The van der Waals surface area contributed by atoms with E-state index in [4.69, 9.17) is 5.73 Å². The predicted octanol–water partition coefficient (Wildman–Crippen LogP) is 1.94. The molecule has 0 spiro atoms. The fraction of sp³-hybridized carbons (Fsp3) is 0.500. The second-order valence-corrected chi connectivity index (χ2v) is 4.21. The number of rotatable bonds is 4. The van der Waals surface area contributed by atoms with Gasteiger partial charge in [0.2, 0.25) is 0 Å². The molecular weight excluding hydrogens is 186 g/mol. The van der Waals surface area contributed by atoms with Crippen molar-refractivity contribution in [1.82, 2.24) is 4.90 Å². The van der Waals surface area contributed by atoms with Crippen LogP contribution in [-0.2, 0) is 0 Å². The molecule has 1 aromatic rings. The van der Waals surface area contributed by atoms with Crippen LogP contribution in [-0.4, -0.2) is 31.6 Å². The Morgan fingerprint density at radius 3 is 2.67 bits per heavy atom. The fourth-order valence-electron chi connectivity index (χ4n) is 1.29. The molecule has 84 valence electrons. The van der Waals surface area contributed by atoms with Crippen molar-refractivity contribution in [1.29, 1.82) is 0 Å². The Balaban J connectivity index is 2.62. The lowest BCUT2D eigenvalue weighted by Crippen LogP contribution is -2.31. The number of nitrogen functional groups attached to an aromatic ring is 1. The maximum Gasteiger partial charge on any atom is 0.0391 e. The van der Waals surface area contributed by atoms with Crippen molar-refractivity contribution >= 4 is 11.4 Å². The zero-order chi connectivity index (χ0) is 11.4. The number of nitrogens with one attached hydrogen (secondary N) is 1. The van der Waals surface area contributed by atoms with Crippen LogP contribution in [0.15, 0.2) is 18.2 Å². The molecule has 0 fully saturated rings. The van der Waals surface area contributed by atoms with Crippen LogP contribution in [0.3, 0.4) is 0 Å². The summed E-state index contributed by atoms with van der Waals surface area (Å²) in [6, 6.07) is 6.47. The number of nitrogens with zero attached hydrogens (tertiary/aromatic N) is 1. The molecule has 0 bridgehead atoms. The second kappa shape index (κ2) is 5.03. The van der Waals surface area contributed by atoms with Crippen LogP contribution < -0.4 is 11.1 Å². The van der Waals surface area contributed by atoms with Gasteiger partial charge in [0.1, 0.15) is 0 Å². The van der Waals surface area contributed by atoms with Gasteiger partial charge in [-0.1, -0.05) is 6.07 Å². The summed E-state index contributed by atoms with van der Waals surface area (Å²) < 4.78 is 0. The fourth-order valence-corrected chi connectivity index (χ4v) is 1.29. The third kappa shape index (κ3) is 3.13. The molecule has 3 heteroatoms. The van der Waals surface area contributed by atoms with E-state index >= 15 is 0 Å². The number of nitrogens with two attached hydrogens (primary N) is 1. The Hall–Kier alpha value is -1.22. The summed E-state index contributed by atoms with van der Waals surface area (Å²) in [5.41, 5.74) is 8.94. The van der Waals surface area contributed by atoms with Crippen molar-refractivity contribution in [2.75, 3.05) is 31.7 Å². The first-order valence-electron chi connectivity index (χ1n) is 5.27. The summed E-state index contributed by atoms with van der Waals surface area (Å²) in [6.45, 7) is 5.16. The summed E-state index contributed by atoms with van der Waals surface area (Å²) in [5.74, 6) is 0. The lowest BCUT2D eigenvalue weighted by Gasteiger charge is -2.21. The van der Waals surface area contributed by atoms with Crippen LogP contribution in [0, 0.1) is 6.92 Å². The highest BCUT2D eigenvalue weighted by Crippen LogP contribution is 2.20. The van der Waals surface area contributed by atoms with E-state index < -0.39 is 0 Å². The molecular formula is C12H21N3. The highest BCUT2D eigenvalue weighted by atomic mass is 15.1. The highest BCUT2D eigenvalue weighted by molar-refractivity contribution is 5.62. The van der Waals surface area contributed by atoms with Gasteiger partial charge in [-0.25, -0.2) is 0 Å². The number of hydrogen-bond acceptors (Lipinski definition) is 3. The van der Waals surface area contributed by atoms with Crippen LogP contribution >= 0.6 is 0 Å². The Bertz CT molecular complexity index is 321. The minimum atomic E-state index is 0.505. The Morgan fingerprint density at radius 2 is 2.07 bits per heavy atom. The van der Waals surface area contributed by atoms with Gasteiger partial charge in [0.25, 0.3) is 0 Å². The van der Waals surface area contributed by atoms with Gasteiger partial charge in [-0.05, 0) is 45.6 Å². The quantitative estimate of drug-likeness (QED) is 0.741. The molecule has 3 nitrogen and oxygen atoms in total. The number of benzene rings is 1. The van der Waals surface area contributed by atoms with Gasteiger partial charge >= 0.3 is 0 Å². The van der Waals surface area contributed by atoms with Crippen LogP contribution in [0.1, 0.15) is 12.5 Å². The SMILES string of the molecule is Cc1c(N)cccc1NCC(C)N(C)C. The Morgan fingerprint density at radius 1 is 1.40 bits per heavy atom. The minimum absolute atomic E-state index is 0.505. The zero-order valence-corrected chi connectivity index (χ0v) is 10.0. The van der Waals surface area contributed by atoms with Crippen LogP contribution in [0.2, 0.25) is 0 Å². The smallest absolute Gasteiger partial charge is 0.0391 e. The molecule has 0 aliphatic heterocycles. The molecule has 15 heavy (non-hydrogen) atoms. The van der Waals surface area contributed by atoms with Crippen molar-refractivity contribution in [2.24, 2.45) is 0 Å². The molecule has 0 saturated carbocycles. The highest BCUT2D eigenvalue weighted by Gasteiger charge is 2.05. The molecule has 1 aromatic carbocycles. The standard InChI is InChI=1S/C12H21N3/c1-9(15(3)4)8-14-12-7-5-6-11(13)10(12)2/h5-7,9,14H,8,13H2,1-4H3. The molecule has 1 rings (SSSR count). The van der Waals surface area contributed by atoms with Gasteiger partial charge in [-0.3, -0.25) is 0 Å². The largest absolute Gasteiger partial charge is 0.398 e.